The van der Waals surface area contributed by atoms with Gasteiger partial charge in [-0.3, -0.25) is 4.79 Å². The van der Waals surface area contributed by atoms with Crippen molar-refractivity contribution in [2.24, 2.45) is 7.05 Å². The van der Waals surface area contributed by atoms with Gasteiger partial charge < -0.3 is 4.90 Å². The quantitative estimate of drug-likeness (QED) is 0.727. The highest BCUT2D eigenvalue weighted by atomic mass is 79.9. The molecule has 0 radical (unpaired) electrons. The Bertz CT molecular complexity index is 635. The Morgan fingerprint density at radius 2 is 1.84 bits per heavy atom. The number of halogens is 1. The van der Waals surface area contributed by atoms with Crippen molar-refractivity contribution in [3.8, 4) is 0 Å². The molecule has 2 heterocycles. The lowest BCUT2D eigenvalue weighted by Crippen LogP contribution is -2.48. The maximum atomic E-state index is 11.8. The third-order valence-electron chi connectivity index (χ3n) is 3.11. The van der Waals surface area contributed by atoms with E-state index in [2.05, 4.69) is 21.0 Å². The summed E-state index contributed by atoms with van der Waals surface area (Å²) < 4.78 is 26.0. The molecule has 1 aliphatic rings. The maximum absolute atomic E-state index is 11.8. The lowest BCUT2D eigenvalue weighted by atomic mass is 10.3. The number of sulfonamides is 1. The molecular formula is C10H15BrN4O3S. The number of rotatable bonds is 2. The molecule has 0 N–H and O–H groups in total. The van der Waals surface area contributed by atoms with Crippen LogP contribution in [0.25, 0.3) is 0 Å². The SMILES string of the molecule is Cn1ncc(N2CCN(S(C)(=O)=O)CC2)c(Br)c1=O. The Morgan fingerprint density at radius 3 is 2.37 bits per heavy atom. The zero-order valence-corrected chi connectivity index (χ0v) is 13.1. The molecular weight excluding hydrogens is 336 g/mol. The summed E-state index contributed by atoms with van der Waals surface area (Å²) in [4.78, 5) is 13.7. The van der Waals surface area contributed by atoms with Crippen LogP contribution in [0.2, 0.25) is 0 Å². The molecule has 0 atom stereocenters. The molecule has 0 spiro atoms. The van der Waals surface area contributed by atoms with Gasteiger partial charge >= 0.3 is 0 Å². The summed E-state index contributed by atoms with van der Waals surface area (Å²) in [5.41, 5.74) is 0.499. The molecule has 2 rings (SSSR count). The fourth-order valence-electron chi connectivity index (χ4n) is 1.98. The fraction of sp³-hybridized carbons (Fsp3) is 0.600. The van der Waals surface area contributed by atoms with Gasteiger partial charge in [0.25, 0.3) is 5.56 Å². The van der Waals surface area contributed by atoms with Crippen molar-refractivity contribution in [1.29, 1.82) is 0 Å². The van der Waals surface area contributed by atoms with Gasteiger partial charge in [0.2, 0.25) is 10.0 Å². The lowest BCUT2D eigenvalue weighted by Gasteiger charge is -2.34. The molecule has 9 heteroatoms. The van der Waals surface area contributed by atoms with Crippen LogP contribution in [-0.2, 0) is 17.1 Å². The van der Waals surface area contributed by atoms with E-state index in [1.54, 1.807) is 13.2 Å². The summed E-state index contributed by atoms with van der Waals surface area (Å²) in [6.07, 6.45) is 2.82. The Kier molecular flexibility index (Phi) is 3.98. The number of hydrogen-bond acceptors (Lipinski definition) is 5. The van der Waals surface area contributed by atoms with Crippen LogP contribution >= 0.6 is 15.9 Å². The van der Waals surface area contributed by atoms with Crippen LogP contribution in [0, 0.1) is 0 Å². The van der Waals surface area contributed by atoms with Crippen molar-refractivity contribution < 1.29 is 8.42 Å². The van der Waals surface area contributed by atoms with E-state index in [1.807, 2.05) is 4.90 Å². The molecule has 1 fully saturated rings. The second-order valence-electron chi connectivity index (χ2n) is 4.42. The summed E-state index contributed by atoms with van der Waals surface area (Å²) in [6, 6.07) is 0. The normalized spacial score (nSPS) is 17.7. The first-order chi connectivity index (χ1) is 8.80. The molecule has 0 bridgehead atoms. The highest BCUT2D eigenvalue weighted by Crippen LogP contribution is 2.22. The van der Waals surface area contributed by atoms with Gasteiger partial charge in [-0.15, -0.1) is 0 Å². The molecule has 0 saturated carbocycles. The summed E-state index contributed by atoms with van der Waals surface area (Å²) in [5.74, 6) is 0. The highest BCUT2D eigenvalue weighted by Gasteiger charge is 2.25. The second kappa shape index (κ2) is 5.22. The first-order valence-electron chi connectivity index (χ1n) is 5.72. The van der Waals surface area contributed by atoms with E-state index >= 15 is 0 Å². The van der Waals surface area contributed by atoms with Crippen molar-refractivity contribution in [1.82, 2.24) is 14.1 Å². The standard InChI is InChI=1S/C10H15BrN4O3S/c1-13-10(16)9(11)8(7-12-13)14-3-5-15(6-4-14)19(2,17)18/h7H,3-6H2,1-2H3. The molecule has 1 aliphatic heterocycles. The van der Waals surface area contributed by atoms with Crippen molar-refractivity contribution in [3.05, 3.63) is 21.0 Å². The van der Waals surface area contributed by atoms with E-state index < -0.39 is 10.0 Å². The lowest BCUT2D eigenvalue weighted by molar-refractivity contribution is 0.387. The van der Waals surface area contributed by atoms with Crippen LogP contribution in [0.1, 0.15) is 0 Å². The van der Waals surface area contributed by atoms with Crippen molar-refractivity contribution in [2.75, 3.05) is 37.3 Å². The van der Waals surface area contributed by atoms with Gasteiger partial charge in [-0.1, -0.05) is 0 Å². The average molecular weight is 351 g/mol. The number of anilines is 1. The minimum atomic E-state index is -3.14. The highest BCUT2D eigenvalue weighted by molar-refractivity contribution is 9.10. The number of nitrogens with zero attached hydrogens (tertiary/aromatic N) is 4. The Hall–Kier alpha value is -0.930. The van der Waals surface area contributed by atoms with Crippen LogP contribution in [0.5, 0.6) is 0 Å². The van der Waals surface area contributed by atoms with Crippen molar-refractivity contribution in [3.63, 3.8) is 0 Å². The van der Waals surface area contributed by atoms with E-state index in [4.69, 9.17) is 0 Å². The predicted octanol–water partition coefficient (Wildman–Crippen LogP) is -0.376. The molecule has 19 heavy (non-hydrogen) atoms. The minimum absolute atomic E-state index is 0.206. The summed E-state index contributed by atoms with van der Waals surface area (Å²) in [5, 5.41) is 3.98. The van der Waals surface area contributed by atoms with Crippen LogP contribution in [0.4, 0.5) is 5.69 Å². The number of hydrogen-bond donors (Lipinski definition) is 0. The van der Waals surface area contributed by atoms with E-state index in [-0.39, 0.29) is 5.56 Å². The van der Waals surface area contributed by atoms with Gasteiger partial charge in [-0.25, -0.2) is 13.1 Å². The largest absolute Gasteiger partial charge is 0.367 e. The fourth-order valence-corrected chi connectivity index (χ4v) is 3.42. The third-order valence-corrected chi connectivity index (χ3v) is 5.16. The molecule has 1 aromatic rings. The van der Waals surface area contributed by atoms with Gasteiger partial charge in [-0.05, 0) is 15.9 Å². The van der Waals surface area contributed by atoms with Gasteiger partial charge in [0.05, 0.1) is 18.1 Å². The molecule has 106 valence electrons. The predicted molar refractivity (Wildman–Crippen MR) is 75.8 cm³/mol. The van der Waals surface area contributed by atoms with Gasteiger partial charge in [0.1, 0.15) is 4.47 Å². The van der Waals surface area contributed by atoms with Gasteiger partial charge in [0, 0.05) is 33.2 Å². The van der Waals surface area contributed by atoms with E-state index in [0.29, 0.717) is 36.3 Å². The molecule has 7 nitrogen and oxygen atoms in total. The van der Waals surface area contributed by atoms with Crippen molar-refractivity contribution >= 4 is 31.6 Å². The number of aromatic nitrogens is 2. The Labute approximate surface area is 120 Å². The Balaban J connectivity index is 2.19. The first kappa shape index (κ1) is 14.5. The molecule has 1 aromatic heterocycles. The van der Waals surface area contributed by atoms with Crippen LogP contribution in [0.3, 0.4) is 0 Å². The average Bonchev–Trinajstić information content (AvgIpc) is 2.35. The molecule has 1 saturated heterocycles. The molecule has 0 unspecified atom stereocenters. The monoisotopic (exact) mass is 350 g/mol. The third kappa shape index (κ3) is 2.98. The van der Waals surface area contributed by atoms with E-state index in [0.717, 1.165) is 0 Å². The van der Waals surface area contributed by atoms with Gasteiger partial charge in [0.15, 0.2) is 0 Å². The molecule has 0 aliphatic carbocycles. The van der Waals surface area contributed by atoms with Crippen LogP contribution < -0.4 is 10.5 Å². The maximum Gasteiger partial charge on any atom is 0.282 e. The minimum Gasteiger partial charge on any atom is -0.367 e. The second-order valence-corrected chi connectivity index (χ2v) is 7.20. The zero-order valence-electron chi connectivity index (χ0n) is 10.7. The number of piperazine rings is 1. The summed E-state index contributed by atoms with van der Waals surface area (Å²) >= 11 is 3.27. The summed E-state index contributed by atoms with van der Waals surface area (Å²) in [7, 11) is -1.56. The smallest absolute Gasteiger partial charge is 0.282 e. The van der Waals surface area contributed by atoms with Gasteiger partial charge in [-0.2, -0.15) is 9.40 Å². The first-order valence-corrected chi connectivity index (χ1v) is 8.36. The van der Waals surface area contributed by atoms with Crippen molar-refractivity contribution in [2.45, 2.75) is 0 Å². The molecule has 0 aromatic carbocycles. The van der Waals surface area contributed by atoms with Crippen LogP contribution in [0.15, 0.2) is 15.5 Å². The summed E-state index contributed by atoms with van der Waals surface area (Å²) in [6.45, 7) is 1.92. The topological polar surface area (TPSA) is 75.5 Å². The zero-order chi connectivity index (χ0) is 14.2. The Morgan fingerprint density at radius 1 is 1.26 bits per heavy atom. The van der Waals surface area contributed by atoms with Crippen LogP contribution in [-0.4, -0.2) is 54.9 Å². The van der Waals surface area contributed by atoms with E-state index in [9.17, 15) is 13.2 Å². The van der Waals surface area contributed by atoms with E-state index in [1.165, 1.54) is 15.2 Å². The molecule has 0 amide bonds. The number of aryl methyl sites for hydroxylation is 1.